The molecule has 3 heterocycles. The Balaban J connectivity index is 1.70. The molecule has 0 bridgehead atoms. The zero-order valence-corrected chi connectivity index (χ0v) is 17.9. The highest BCUT2D eigenvalue weighted by atomic mass is 32.2. The fourth-order valence-corrected chi connectivity index (χ4v) is 4.63. The molecule has 3 aromatic heterocycles. The molecular formula is C18H23N5O2S2. The van der Waals surface area contributed by atoms with Gasteiger partial charge in [0, 0.05) is 11.9 Å². The van der Waals surface area contributed by atoms with Crippen molar-refractivity contribution in [1.29, 1.82) is 0 Å². The second-order valence-corrected chi connectivity index (χ2v) is 9.12. The number of aromatic nitrogens is 4. The van der Waals surface area contributed by atoms with Crippen LogP contribution in [-0.2, 0) is 17.6 Å². The molecule has 1 amide bonds. The number of thiophene rings is 1. The van der Waals surface area contributed by atoms with Crippen molar-refractivity contribution >= 4 is 44.9 Å². The summed E-state index contributed by atoms with van der Waals surface area (Å²) in [6, 6.07) is 0. The molecule has 0 aromatic carbocycles. The topological polar surface area (TPSA) is 92.7 Å². The van der Waals surface area contributed by atoms with E-state index in [1.54, 1.807) is 4.68 Å². The Kier molecular flexibility index (Phi) is 5.43. The van der Waals surface area contributed by atoms with Crippen molar-refractivity contribution in [1.82, 2.24) is 19.7 Å². The van der Waals surface area contributed by atoms with Crippen LogP contribution in [0.4, 0.5) is 5.69 Å². The molecule has 3 aromatic rings. The lowest BCUT2D eigenvalue weighted by Gasteiger charge is -2.12. The summed E-state index contributed by atoms with van der Waals surface area (Å²) in [5.41, 5.74) is 3.33. The van der Waals surface area contributed by atoms with Gasteiger partial charge in [0.05, 0.1) is 33.5 Å². The first-order chi connectivity index (χ1) is 12.7. The second kappa shape index (κ2) is 7.47. The maximum absolute atomic E-state index is 12.5. The van der Waals surface area contributed by atoms with Gasteiger partial charge in [-0.05, 0) is 40.2 Å². The van der Waals surface area contributed by atoms with Gasteiger partial charge in [0.15, 0.2) is 0 Å². The van der Waals surface area contributed by atoms with Crippen LogP contribution < -0.4 is 10.9 Å². The highest BCUT2D eigenvalue weighted by molar-refractivity contribution is 7.99. The average Bonchev–Trinajstić information content (AvgIpc) is 3.02. The predicted molar refractivity (Wildman–Crippen MR) is 112 cm³/mol. The van der Waals surface area contributed by atoms with Crippen LogP contribution in [0.15, 0.2) is 4.79 Å². The number of nitrogens with one attached hydrogen (secondary N) is 2. The van der Waals surface area contributed by atoms with Gasteiger partial charge in [0.25, 0.3) is 5.56 Å². The number of carbonyl (C=O) groups is 1. The maximum Gasteiger partial charge on any atom is 0.259 e. The van der Waals surface area contributed by atoms with Crippen LogP contribution in [0.2, 0.25) is 0 Å². The summed E-state index contributed by atoms with van der Waals surface area (Å²) in [7, 11) is 1.85. The summed E-state index contributed by atoms with van der Waals surface area (Å²) in [6.07, 6.45) is 0. The van der Waals surface area contributed by atoms with Crippen molar-refractivity contribution in [3.8, 4) is 0 Å². The minimum absolute atomic E-state index is 0.0922. The van der Waals surface area contributed by atoms with Gasteiger partial charge in [-0.1, -0.05) is 0 Å². The van der Waals surface area contributed by atoms with Gasteiger partial charge >= 0.3 is 0 Å². The number of hydrogen-bond donors (Lipinski definition) is 2. The van der Waals surface area contributed by atoms with E-state index in [1.807, 2.05) is 41.7 Å². The first-order valence-corrected chi connectivity index (χ1v) is 10.5. The van der Waals surface area contributed by atoms with E-state index >= 15 is 0 Å². The molecule has 0 aliphatic carbocycles. The Morgan fingerprint density at radius 1 is 1.33 bits per heavy atom. The lowest BCUT2D eigenvalue weighted by molar-refractivity contribution is -0.115. The molecule has 0 unspecified atom stereocenters. The molecule has 0 radical (unpaired) electrons. The van der Waals surface area contributed by atoms with E-state index < -0.39 is 0 Å². The van der Waals surface area contributed by atoms with E-state index in [1.165, 1.54) is 23.1 Å². The number of H-pyrrole nitrogens is 1. The Labute approximate surface area is 165 Å². The predicted octanol–water partition coefficient (Wildman–Crippen LogP) is 3.21. The van der Waals surface area contributed by atoms with E-state index in [-0.39, 0.29) is 16.7 Å². The molecule has 0 aliphatic heterocycles. The van der Waals surface area contributed by atoms with Gasteiger partial charge in [-0.3, -0.25) is 14.3 Å². The minimum Gasteiger partial charge on any atom is -0.322 e. The maximum atomic E-state index is 12.5. The highest BCUT2D eigenvalue weighted by Gasteiger charge is 2.19. The number of rotatable bonds is 5. The number of amides is 1. The van der Waals surface area contributed by atoms with E-state index in [4.69, 9.17) is 0 Å². The zero-order valence-electron chi connectivity index (χ0n) is 16.3. The number of fused-ring (bicyclic) bond motifs is 1. The molecule has 0 spiro atoms. The van der Waals surface area contributed by atoms with Crippen LogP contribution in [0.3, 0.4) is 0 Å². The number of nitrogens with zero attached hydrogens (tertiary/aromatic N) is 3. The van der Waals surface area contributed by atoms with Crippen molar-refractivity contribution < 1.29 is 4.79 Å². The van der Waals surface area contributed by atoms with Gasteiger partial charge < -0.3 is 10.3 Å². The van der Waals surface area contributed by atoms with Crippen LogP contribution >= 0.6 is 23.1 Å². The third-order valence-corrected chi connectivity index (χ3v) is 6.94. The van der Waals surface area contributed by atoms with Crippen LogP contribution in [-0.4, -0.2) is 30.9 Å². The molecule has 27 heavy (non-hydrogen) atoms. The number of hydrogen-bond acceptors (Lipinski definition) is 6. The quantitative estimate of drug-likeness (QED) is 0.680. The standard InChI is InChI=1S/C18H23N5O2S2/c1-8-11(4)27-18-14(8)17(25)19-13(20-18)7-26-12(5)16(24)21-15-9(2)22-23(6)10(15)3/h12H,7H2,1-6H3,(H,21,24)(H,19,20,25)/t12-/m0/s1. The van der Waals surface area contributed by atoms with Crippen LogP contribution in [0, 0.1) is 27.7 Å². The molecule has 7 nitrogen and oxygen atoms in total. The van der Waals surface area contributed by atoms with Crippen LogP contribution in [0.25, 0.3) is 10.2 Å². The lowest BCUT2D eigenvalue weighted by atomic mass is 10.2. The summed E-state index contributed by atoms with van der Waals surface area (Å²) < 4.78 is 1.75. The summed E-state index contributed by atoms with van der Waals surface area (Å²) >= 11 is 2.96. The van der Waals surface area contributed by atoms with Gasteiger partial charge in [-0.15, -0.1) is 23.1 Å². The third-order valence-electron chi connectivity index (χ3n) is 4.68. The van der Waals surface area contributed by atoms with Crippen molar-refractivity contribution in [2.24, 2.45) is 7.05 Å². The summed E-state index contributed by atoms with van der Waals surface area (Å²) in [4.78, 5) is 34.1. The number of thioether (sulfide) groups is 1. The normalized spacial score (nSPS) is 12.5. The van der Waals surface area contributed by atoms with Crippen molar-refractivity contribution in [2.75, 3.05) is 5.32 Å². The first kappa shape index (κ1) is 19.6. The lowest BCUT2D eigenvalue weighted by Crippen LogP contribution is -2.23. The molecule has 2 N–H and O–H groups in total. The van der Waals surface area contributed by atoms with Crippen molar-refractivity contribution in [2.45, 2.75) is 45.6 Å². The number of aryl methyl sites for hydroxylation is 4. The number of aromatic amines is 1. The van der Waals surface area contributed by atoms with Crippen molar-refractivity contribution in [3.63, 3.8) is 0 Å². The van der Waals surface area contributed by atoms with E-state index in [0.717, 1.165) is 32.3 Å². The zero-order chi connectivity index (χ0) is 19.9. The van der Waals surface area contributed by atoms with E-state index in [0.29, 0.717) is 17.0 Å². The van der Waals surface area contributed by atoms with Gasteiger partial charge in [0.2, 0.25) is 5.91 Å². The van der Waals surface area contributed by atoms with Crippen molar-refractivity contribution in [3.05, 3.63) is 38.0 Å². The molecule has 9 heteroatoms. The molecule has 1 atom stereocenters. The summed E-state index contributed by atoms with van der Waals surface area (Å²) in [5.74, 6) is 0.957. The average molecular weight is 406 g/mol. The van der Waals surface area contributed by atoms with Gasteiger partial charge in [0.1, 0.15) is 10.7 Å². The van der Waals surface area contributed by atoms with Gasteiger partial charge in [-0.2, -0.15) is 5.10 Å². The first-order valence-electron chi connectivity index (χ1n) is 8.60. The summed E-state index contributed by atoms with van der Waals surface area (Å²) in [6.45, 7) is 9.56. The third kappa shape index (κ3) is 3.79. The second-order valence-electron chi connectivity index (χ2n) is 6.59. The SMILES string of the molecule is Cc1nn(C)c(C)c1NC(=O)[C@H](C)SCc1nc2sc(C)c(C)c2c(=O)[nH]1. The molecule has 3 rings (SSSR count). The molecular weight excluding hydrogens is 382 g/mol. The Morgan fingerprint density at radius 2 is 2.04 bits per heavy atom. The molecule has 0 saturated carbocycles. The number of anilines is 1. The monoisotopic (exact) mass is 405 g/mol. The Bertz CT molecular complexity index is 1080. The molecule has 0 fully saturated rings. The molecule has 0 aliphatic rings. The van der Waals surface area contributed by atoms with E-state index in [2.05, 4.69) is 20.4 Å². The van der Waals surface area contributed by atoms with Crippen LogP contribution in [0.1, 0.15) is 34.6 Å². The fraction of sp³-hybridized carbons (Fsp3) is 0.444. The smallest absolute Gasteiger partial charge is 0.259 e. The fourth-order valence-electron chi connectivity index (χ4n) is 2.83. The number of carbonyl (C=O) groups excluding carboxylic acids is 1. The Morgan fingerprint density at radius 3 is 2.67 bits per heavy atom. The van der Waals surface area contributed by atoms with Crippen LogP contribution in [0.5, 0.6) is 0 Å². The molecule has 144 valence electrons. The minimum atomic E-state index is -0.295. The Hall–Kier alpha value is -2.13. The highest BCUT2D eigenvalue weighted by Crippen LogP contribution is 2.27. The van der Waals surface area contributed by atoms with Gasteiger partial charge in [-0.25, -0.2) is 4.98 Å². The summed E-state index contributed by atoms with van der Waals surface area (Å²) in [5, 5.41) is 7.64. The van der Waals surface area contributed by atoms with E-state index in [9.17, 15) is 9.59 Å². The largest absolute Gasteiger partial charge is 0.322 e. The molecule has 0 saturated heterocycles.